The molecule has 1 saturated carbocycles. The quantitative estimate of drug-likeness (QED) is 0.238. The Balaban J connectivity index is 1.35. The molecule has 6 rings (SSSR count). The van der Waals surface area contributed by atoms with Crippen molar-refractivity contribution in [2.75, 3.05) is 19.6 Å². The lowest BCUT2D eigenvalue weighted by Gasteiger charge is -2.38. The highest BCUT2D eigenvalue weighted by Crippen LogP contribution is 2.51. The highest BCUT2D eigenvalue weighted by atomic mass is 19.3. The summed E-state index contributed by atoms with van der Waals surface area (Å²) >= 11 is 0. The summed E-state index contributed by atoms with van der Waals surface area (Å²) in [5.41, 5.74) is 3.21. The molecule has 1 fully saturated rings. The summed E-state index contributed by atoms with van der Waals surface area (Å²) < 4.78 is 47.2. The van der Waals surface area contributed by atoms with Crippen molar-refractivity contribution in [2.24, 2.45) is 0 Å². The summed E-state index contributed by atoms with van der Waals surface area (Å²) in [5, 5.41) is 4.92. The molecule has 46 heavy (non-hydrogen) atoms. The van der Waals surface area contributed by atoms with Crippen LogP contribution in [0.15, 0.2) is 48.5 Å². The first-order chi connectivity index (χ1) is 21.8. The molecule has 2 atom stereocenters. The Labute approximate surface area is 266 Å². The van der Waals surface area contributed by atoms with Gasteiger partial charge >= 0.3 is 18.2 Å². The minimum absolute atomic E-state index is 0.112. The number of carbonyl (C=O) groups is 3. The molecule has 244 valence electrons. The fourth-order valence-corrected chi connectivity index (χ4v) is 6.39. The maximum Gasteiger partial charge on any atom is 0.410 e. The molecule has 3 aliphatic rings. The maximum absolute atomic E-state index is 14.3. The second-order valence-corrected chi connectivity index (χ2v) is 13.1. The van der Waals surface area contributed by atoms with E-state index >= 15 is 0 Å². The minimum Gasteiger partial charge on any atom is -0.445 e. The summed E-state index contributed by atoms with van der Waals surface area (Å²) in [7, 11) is 0. The second-order valence-electron chi connectivity index (χ2n) is 13.1. The number of alkyl halides is 2. The van der Waals surface area contributed by atoms with Gasteiger partial charge in [-0.05, 0) is 50.5 Å². The molecule has 0 N–H and O–H groups in total. The molecular weight excluding hydrogens is 598 g/mol. The number of amides is 2. The topological polar surface area (TPSA) is 103 Å². The van der Waals surface area contributed by atoms with Crippen molar-refractivity contribution in [3.63, 3.8) is 0 Å². The summed E-state index contributed by atoms with van der Waals surface area (Å²) in [6.45, 7) is 7.49. The van der Waals surface area contributed by atoms with Crippen LogP contribution in [0.2, 0.25) is 0 Å². The summed E-state index contributed by atoms with van der Waals surface area (Å²) in [6, 6.07) is 13.6. The average molecular weight is 637 g/mol. The van der Waals surface area contributed by atoms with Crippen molar-refractivity contribution in [2.45, 2.75) is 83.5 Å². The van der Waals surface area contributed by atoms with E-state index in [1.165, 1.54) is 13.0 Å². The number of rotatable bonds is 5. The van der Waals surface area contributed by atoms with Crippen molar-refractivity contribution in [3.8, 4) is 11.4 Å². The summed E-state index contributed by atoms with van der Waals surface area (Å²) in [5.74, 6) is -4.20. The van der Waals surface area contributed by atoms with Crippen molar-refractivity contribution >= 4 is 18.2 Å². The van der Waals surface area contributed by atoms with Crippen LogP contribution in [0.25, 0.3) is 5.69 Å². The number of nitrogens with zero attached hydrogens (tertiary/aromatic N) is 4. The molecule has 0 saturated heterocycles. The van der Waals surface area contributed by atoms with Crippen molar-refractivity contribution < 1.29 is 37.4 Å². The lowest BCUT2D eigenvalue weighted by Crippen LogP contribution is -2.47. The fourth-order valence-electron chi connectivity index (χ4n) is 6.39. The molecule has 1 aromatic heterocycles. The van der Waals surface area contributed by atoms with E-state index in [0.29, 0.717) is 42.8 Å². The van der Waals surface area contributed by atoms with E-state index in [4.69, 9.17) is 19.3 Å². The van der Waals surface area contributed by atoms with Crippen molar-refractivity contribution in [3.05, 3.63) is 76.6 Å². The normalized spacial score (nSPS) is 20.2. The van der Waals surface area contributed by atoms with Gasteiger partial charge in [0.2, 0.25) is 0 Å². The van der Waals surface area contributed by atoms with Crippen LogP contribution in [0.5, 0.6) is 5.75 Å². The molecule has 2 aromatic carbocycles. The fraction of sp³-hybridized carbons (Fsp3) is 0.471. The number of benzene rings is 2. The number of hydrogen-bond donors (Lipinski definition) is 0. The van der Waals surface area contributed by atoms with Gasteiger partial charge in [0.1, 0.15) is 17.9 Å². The third-order valence-corrected chi connectivity index (χ3v) is 8.64. The molecular formula is C34H38F2N4O6. The lowest BCUT2D eigenvalue weighted by molar-refractivity contribution is -0.131. The van der Waals surface area contributed by atoms with Crippen LogP contribution >= 0.6 is 0 Å². The first-order valence-electron chi connectivity index (χ1n) is 15.6. The number of halogens is 2. The number of aromatic nitrogens is 2. The van der Waals surface area contributed by atoms with Crippen LogP contribution in [-0.2, 0) is 33.7 Å². The van der Waals surface area contributed by atoms with Gasteiger partial charge in [0.05, 0.1) is 17.4 Å². The molecule has 10 nitrogen and oxygen atoms in total. The maximum atomic E-state index is 14.3. The van der Waals surface area contributed by atoms with E-state index in [0.717, 1.165) is 16.8 Å². The number of hydrogen-bond acceptors (Lipinski definition) is 7. The van der Waals surface area contributed by atoms with Gasteiger partial charge in [0, 0.05) is 57.3 Å². The molecule has 3 heterocycles. The highest BCUT2D eigenvalue weighted by molar-refractivity contribution is 5.73. The first kappa shape index (κ1) is 31.5. The van der Waals surface area contributed by atoms with Crippen molar-refractivity contribution in [1.82, 2.24) is 19.6 Å². The van der Waals surface area contributed by atoms with Gasteiger partial charge in [-0.15, -0.1) is 0 Å². The van der Waals surface area contributed by atoms with Crippen LogP contribution in [0.3, 0.4) is 0 Å². The minimum atomic E-state index is -2.81. The summed E-state index contributed by atoms with van der Waals surface area (Å²) in [6.07, 6.45) is -0.0570. The largest absolute Gasteiger partial charge is 0.445 e. The monoisotopic (exact) mass is 636 g/mol. The molecule has 3 aromatic rings. The van der Waals surface area contributed by atoms with Gasteiger partial charge in [-0.25, -0.2) is 23.1 Å². The van der Waals surface area contributed by atoms with E-state index in [1.807, 2.05) is 30.3 Å². The Morgan fingerprint density at radius 3 is 2.43 bits per heavy atom. The zero-order valence-electron chi connectivity index (χ0n) is 26.4. The zero-order valence-corrected chi connectivity index (χ0v) is 26.4. The van der Waals surface area contributed by atoms with Crippen LogP contribution in [0.4, 0.5) is 18.4 Å². The predicted molar refractivity (Wildman–Crippen MR) is 163 cm³/mol. The molecule has 2 unspecified atom stereocenters. The van der Waals surface area contributed by atoms with Gasteiger partial charge < -0.3 is 19.1 Å². The molecule has 12 heteroatoms. The third kappa shape index (κ3) is 6.29. The highest BCUT2D eigenvalue weighted by Gasteiger charge is 2.49. The van der Waals surface area contributed by atoms with Gasteiger partial charge in [0.25, 0.3) is 5.92 Å². The molecule has 2 aliphatic heterocycles. The Morgan fingerprint density at radius 2 is 1.78 bits per heavy atom. The SMILES string of the molecule is CC(=O)Oc1cc(C2CCC2(F)F)ccc1-n1nc2c3c1CCN(C(=O)OC(C)(C)C)C3CN(C(=O)OCc1ccccc1)CC2. The zero-order chi connectivity index (χ0) is 32.8. The van der Waals surface area contributed by atoms with E-state index in [9.17, 15) is 23.2 Å². The number of esters is 1. The van der Waals surface area contributed by atoms with E-state index in [2.05, 4.69) is 0 Å². The Hall–Kier alpha value is -4.48. The number of carbonyl (C=O) groups excluding carboxylic acids is 3. The molecule has 1 aliphatic carbocycles. The molecule has 0 radical (unpaired) electrons. The standard InChI is InChI=1S/C34H38F2N4O6/c1-21(41)45-29-18-23(24-12-15-34(24,35)36)10-11-26(29)40-27-14-17-39(32(43)46-33(2,3)4)28-19-38(16-13-25(37-40)30(27)28)31(42)44-20-22-8-6-5-7-9-22/h5-11,18,24,28H,12-17,19-20H2,1-4H3. The Bertz CT molecular complexity index is 1650. The van der Waals surface area contributed by atoms with E-state index in [1.54, 1.807) is 47.4 Å². The van der Waals surface area contributed by atoms with Gasteiger partial charge in [0.15, 0.2) is 5.75 Å². The van der Waals surface area contributed by atoms with E-state index < -0.39 is 41.6 Å². The van der Waals surface area contributed by atoms with Crippen LogP contribution < -0.4 is 4.74 Å². The van der Waals surface area contributed by atoms with Crippen LogP contribution in [0.1, 0.15) is 80.6 Å². The number of ether oxygens (including phenoxy) is 3. The molecule has 0 bridgehead atoms. The average Bonchev–Trinajstić information content (AvgIpc) is 3.24. The predicted octanol–water partition coefficient (Wildman–Crippen LogP) is 6.34. The molecule has 2 amide bonds. The van der Waals surface area contributed by atoms with E-state index in [-0.39, 0.29) is 31.9 Å². The lowest BCUT2D eigenvalue weighted by atomic mass is 9.76. The van der Waals surface area contributed by atoms with Crippen LogP contribution in [-0.4, -0.2) is 68.9 Å². The third-order valence-electron chi connectivity index (χ3n) is 8.64. The van der Waals surface area contributed by atoms with Gasteiger partial charge in [-0.1, -0.05) is 36.4 Å². The van der Waals surface area contributed by atoms with Crippen molar-refractivity contribution in [1.29, 1.82) is 0 Å². The second kappa shape index (κ2) is 12.0. The summed E-state index contributed by atoms with van der Waals surface area (Å²) in [4.78, 5) is 42.1. The molecule has 0 spiro atoms. The van der Waals surface area contributed by atoms with Gasteiger partial charge in [-0.3, -0.25) is 9.69 Å². The Kier molecular flexibility index (Phi) is 8.24. The van der Waals surface area contributed by atoms with Crippen LogP contribution in [0, 0.1) is 0 Å². The smallest absolute Gasteiger partial charge is 0.410 e. The first-order valence-corrected chi connectivity index (χ1v) is 15.6. The van der Waals surface area contributed by atoms with Gasteiger partial charge in [-0.2, -0.15) is 5.10 Å². The Morgan fingerprint density at radius 1 is 1.02 bits per heavy atom.